The highest BCUT2D eigenvalue weighted by molar-refractivity contribution is 7.11. The Bertz CT molecular complexity index is 505. The summed E-state index contributed by atoms with van der Waals surface area (Å²) < 4.78 is 5.27. The van der Waals surface area contributed by atoms with E-state index in [1.165, 1.54) is 9.75 Å². The predicted molar refractivity (Wildman–Crippen MR) is 75.4 cm³/mol. The quantitative estimate of drug-likeness (QED) is 0.892. The summed E-state index contributed by atoms with van der Waals surface area (Å²) in [4.78, 5) is 2.57. The number of thiophene rings is 1. The van der Waals surface area contributed by atoms with Crippen LogP contribution in [0.25, 0.3) is 0 Å². The van der Waals surface area contributed by atoms with Crippen LogP contribution in [0.4, 0.5) is 0 Å². The molecule has 0 saturated carbocycles. The van der Waals surface area contributed by atoms with Crippen molar-refractivity contribution in [2.75, 3.05) is 7.11 Å². The molecule has 1 N–H and O–H groups in total. The molecule has 2 aromatic rings. The van der Waals surface area contributed by atoms with Gasteiger partial charge in [-0.2, -0.15) is 0 Å². The first-order valence-corrected chi connectivity index (χ1v) is 6.94. The topological polar surface area (TPSA) is 29.5 Å². The fourth-order valence-corrected chi connectivity index (χ4v) is 2.96. The van der Waals surface area contributed by atoms with Gasteiger partial charge in [0, 0.05) is 21.7 Å². The SMILES string of the molecule is CCc1ccc(CC(O)c2ccccc2OC)s1. The minimum Gasteiger partial charge on any atom is -0.496 e. The molecule has 96 valence electrons. The van der Waals surface area contributed by atoms with Crippen LogP contribution in [0.5, 0.6) is 5.75 Å². The maximum Gasteiger partial charge on any atom is 0.124 e. The lowest BCUT2D eigenvalue weighted by molar-refractivity contribution is 0.175. The van der Waals surface area contributed by atoms with Crippen molar-refractivity contribution < 1.29 is 9.84 Å². The molecule has 1 unspecified atom stereocenters. The smallest absolute Gasteiger partial charge is 0.124 e. The van der Waals surface area contributed by atoms with Gasteiger partial charge in [-0.1, -0.05) is 25.1 Å². The molecule has 0 saturated heterocycles. The van der Waals surface area contributed by atoms with Crippen LogP contribution in [0.15, 0.2) is 36.4 Å². The van der Waals surface area contributed by atoms with Crippen molar-refractivity contribution in [3.8, 4) is 5.75 Å². The molecule has 0 aliphatic carbocycles. The van der Waals surface area contributed by atoms with E-state index in [-0.39, 0.29) is 0 Å². The Balaban J connectivity index is 2.13. The molecule has 0 aliphatic heterocycles. The number of hydrogen-bond donors (Lipinski definition) is 1. The number of aliphatic hydroxyl groups is 1. The van der Waals surface area contributed by atoms with E-state index >= 15 is 0 Å². The van der Waals surface area contributed by atoms with Crippen LogP contribution < -0.4 is 4.74 Å². The standard InChI is InChI=1S/C15H18O2S/c1-3-11-8-9-12(18-11)10-14(16)13-6-4-5-7-15(13)17-2/h4-9,14,16H,3,10H2,1-2H3. The second-order valence-electron chi connectivity index (χ2n) is 4.18. The molecule has 1 aromatic heterocycles. The maximum absolute atomic E-state index is 10.3. The minimum absolute atomic E-state index is 0.510. The van der Waals surface area contributed by atoms with Crippen molar-refractivity contribution in [3.63, 3.8) is 0 Å². The lowest BCUT2D eigenvalue weighted by Crippen LogP contribution is -2.02. The molecule has 1 heterocycles. The molecule has 0 amide bonds. The van der Waals surface area contributed by atoms with Crippen molar-refractivity contribution >= 4 is 11.3 Å². The fraction of sp³-hybridized carbons (Fsp3) is 0.333. The molecule has 3 heteroatoms. The van der Waals surface area contributed by atoms with Gasteiger partial charge in [0.05, 0.1) is 13.2 Å². The Hall–Kier alpha value is -1.32. The first kappa shape index (κ1) is 13.1. The Kier molecular flexibility index (Phi) is 4.39. The highest BCUT2D eigenvalue weighted by atomic mass is 32.1. The number of ether oxygens (including phenoxy) is 1. The molecule has 2 rings (SSSR count). The lowest BCUT2D eigenvalue weighted by Gasteiger charge is -2.13. The monoisotopic (exact) mass is 262 g/mol. The number of aryl methyl sites for hydroxylation is 1. The van der Waals surface area contributed by atoms with Crippen LogP contribution in [0.2, 0.25) is 0 Å². The number of benzene rings is 1. The minimum atomic E-state index is -0.510. The summed E-state index contributed by atoms with van der Waals surface area (Å²) in [6, 6.07) is 11.9. The van der Waals surface area contributed by atoms with E-state index in [1.807, 2.05) is 24.3 Å². The van der Waals surface area contributed by atoms with Gasteiger partial charge in [0.15, 0.2) is 0 Å². The van der Waals surface area contributed by atoms with E-state index in [0.29, 0.717) is 6.42 Å². The van der Waals surface area contributed by atoms with E-state index in [9.17, 15) is 5.11 Å². The third-order valence-electron chi connectivity index (χ3n) is 2.96. The van der Waals surface area contributed by atoms with Crippen molar-refractivity contribution in [2.24, 2.45) is 0 Å². The number of para-hydroxylation sites is 1. The maximum atomic E-state index is 10.3. The fourth-order valence-electron chi connectivity index (χ4n) is 1.96. The van der Waals surface area contributed by atoms with Gasteiger partial charge in [0.1, 0.15) is 5.75 Å². The summed E-state index contributed by atoms with van der Waals surface area (Å²) in [5.41, 5.74) is 0.853. The average molecular weight is 262 g/mol. The molecule has 0 fully saturated rings. The van der Waals surface area contributed by atoms with Crippen LogP contribution >= 0.6 is 11.3 Å². The first-order chi connectivity index (χ1) is 8.74. The van der Waals surface area contributed by atoms with Crippen LogP contribution in [0, 0.1) is 0 Å². The van der Waals surface area contributed by atoms with Crippen LogP contribution in [-0.2, 0) is 12.8 Å². The highest BCUT2D eigenvalue weighted by Crippen LogP contribution is 2.29. The van der Waals surface area contributed by atoms with E-state index < -0.39 is 6.10 Å². The van der Waals surface area contributed by atoms with E-state index in [0.717, 1.165) is 17.7 Å². The van der Waals surface area contributed by atoms with Crippen molar-refractivity contribution in [1.82, 2.24) is 0 Å². The van der Waals surface area contributed by atoms with Gasteiger partial charge in [0.2, 0.25) is 0 Å². The Morgan fingerprint density at radius 3 is 2.56 bits per heavy atom. The molecule has 18 heavy (non-hydrogen) atoms. The van der Waals surface area contributed by atoms with E-state index in [4.69, 9.17) is 4.74 Å². The third-order valence-corrected chi connectivity index (χ3v) is 4.21. The molecule has 2 nitrogen and oxygen atoms in total. The molecule has 1 aromatic carbocycles. The first-order valence-electron chi connectivity index (χ1n) is 6.13. The highest BCUT2D eigenvalue weighted by Gasteiger charge is 2.14. The predicted octanol–water partition coefficient (Wildman–Crippen LogP) is 3.60. The largest absolute Gasteiger partial charge is 0.496 e. The number of rotatable bonds is 5. The summed E-state index contributed by atoms with van der Waals surface area (Å²) in [5.74, 6) is 0.747. The number of aliphatic hydroxyl groups excluding tert-OH is 1. The van der Waals surface area contributed by atoms with Gasteiger partial charge in [0.25, 0.3) is 0 Å². The molecule has 1 atom stereocenters. The Labute approximate surface area is 112 Å². The second-order valence-corrected chi connectivity index (χ2v) is 5.44. The number of methoxy groups -OCH3 is 1. The van der Waals surface area contributed by atoms with Gasteiger partial charge in [-0.05, 0) is 24.6 Å². The summed E-state index contributed by atoms with van der Waals surface area (Å²) in [7, 11) is 1.63. The summed E-state index contributed by atoms with van der Waals surface area (Å²) in [6.45, 7) is 2.15. The zero-order chi connectivity index (χ0) is 13.0. The van der Waals surface area contributed by atoms with Crippen molar-refractivity contribution in [1.29, 1.82) is 0 Å². The van der Waals surface area contributed by atoms with Gasteiger partial charge in [-0.15, -0.1) is 11.3 Å². The van der Waals surface area contributed by atoms with E-state index in [1.54, 1.807) is 18.4 Å². The molecule has 0 bridgehead atoms. The summed E-state index contributed by atoms with van der Waals surface area (Å²) in [6.07, 6.45) is 1.19. The summed E-state index contributed by atoms with van der Waals surface area (Å²) >= 11 is 1.77. The molecule has 0 radical (unpaired) electrons. The average Bonchev–Trinajstić information content (AvgIpc) is 2.86. The third kappa shape index (κ3) is 2.92. The molecular formula is C15H18O2S. The van der Waals surface area contributed by atoms with Crippen LogP contribution in [-0.4, -0.2) is 12.2 Å². The van der Waals surface area contributed by atoms with Crippen molar-refractivity contribution in [2.45, 2.75) is 25.9 Å². The summed E-state index contributed by atoms with van der Waals surface area (Å²) in [5, 5.41) is 10.3. The van der Waals surface area contributed by atoms with Gasteiger partial charge in [-0.3, -0.25) is 0 Å². The van der Waals surface area contributed by atoms with E-state index in [2.05, 4.69) is 19.1 Å². The Morgan fingerprint density at radius 2 is 1.89 bits per heavy atom. The molecule has 0 spiro atoms. The number of hydrogen-bond acceptors (Lipinski definition) is 3. The van der Waals surface area contributed by atoms with Gasteiger partial charge >= 0.3 is 0 Å². The van der Waals surface area contributed by atoms with Crippen LogP contribution in [0.3, 0.4) is 0 Å². The zero-order valence-electron chi connectivity index (χ0n) is 10.7. The van der Waals surface area contributed by atoms with Gasteiger partial charge in [-0.25, -0.2) is 0 Å². The molecular weight excluding hydrogens is 244 g/mol. The Morgan fingerprint density at radius 1 is 1.17 bits per heavy atom. The lowest BCUT2D eigenvalue weighted by atomic mass is 10.0. The van der Waals surface area contributed by atoms with Gasteiger partial charge < -0.3 is 9.84 Å². The zero-order valence-corrected chi connectivity index (χ0v) is 11.5. The second kappa shape index (κ2) is 6.03. The normalized spacial score (nSPS) is 12.4. The molecule has 0 aliphatic rings. The van der Waals surface area contributed by atoms with Crippen molar-refractivity contribution in [3.05, 3.63) is 51.7 Å². The van der Waals surface area contributed by atoms with Crippen LogP contribution in [0.1, 0.15) is 28.3 Å².